The highest BCUT2D eigenvalue weighted by Gasteiger charge is 2.57. The van der Waals surface area contributed by atoms with E-state index in [1.54, 1.807) is 20.3 Å². The molecule has 1 aromatic rings. The van der Waals surface area contributed by atoms with E-state index in [9.17, 15) is 9.59 Å². The summed E-state index contributed by atoms with van der Waals surface area (Å²) in [6.07, 6.45) is 7.72. The van der Waals surface area contributed by atoms with Gasteiger partial charge in [0.25, 0.3) is 0 Å². The van der Waals surface area contributed by atoms with Crippen molar-refractivity contribution in [3.05, 3.63) is 23.8 Å². The summed E-state index contributed by atoms with van der Waals surface area (Å²) in [6.45, 7) is 0. The monoisotopic (exact) mass is 493 g/mol. The SMILES string of the molecule is COC(=O)CC(NC(=O)CC12CC3CC(CC(Br)(C3)C1)C2)c1ccc(OC)c(OC)c1. The fourth-order valence-corrected chi connectivity index (χ4v) is 8.21. The predicted octanol–water partition coefficient (Wildman–Crippen LogP) is 4.55. The van der Waals surface area contributed by atoms with E-state index in [0.717, 1.165) is 36.7 Å². The minimum absolute atomic E-state index is 0.00161. The zero-order valence-corrected chi connectivity index (χ0v) is 20.1. The molecule has 1 N–H and O–H groups in total. The first-order valence-corrected chi connectivity index (χ1v) is 11.8. The summed E-state index contributed by atoms with van der Waals surface area (Å²) in [7, 11) is 4.51. The molecule has 170 valence electrons. The maximum atomic E-state index is 13.2. The van der Waals surface area contributed by atoms with Crippen LogP contribution in [0.1, 0.15) is 63.0 Å². The van der Waals surface area contributed by atoms with Crippen molar-refractivity contribution in [3.63, 3.8) is 0 Å². The number of ether oxygens (including phenoxy) is 3. The number of hydrogen-bond acceptors (Lipinski definition) is 5. The Balaban J connectivity index is 1.51. The van der Waals surface area contributed by atoms with Crippen molar-refractivity contribution in [2.24, 2.45) is 17.3 Å². The maximum Gasteiger partial charge on any atom is 0.307 e. The van der Waals surface area contributed by atoms with E-state index in [1.807, 2.05) is 12.1 Å². The van der Waals surface area contributed by atoms with Gasteiger partial charge in [-0.1, -0.05) is 22.0 Å². The van der Waals surface area contributed by atoms with Crippen LogP contribution in [-0.4, -0.2) is 37.5 Å². The first-order chi connectivity index (χ1) is 14.8. The van der Waals surface area contributed by atoms with Crippen LogP contribution in [0.4, 0.5) is 0 Å². The van der Waals surface area contributed by atoms with Crippen LogP contribution < -0.4 is 14.8 Å². The number of nitrogens with one attached hydrogen (secondary N) is 1. The molecule has 4 saturated carbocycles. The van der Waals surface area contributed by atoms with Gasteiger partial charge in [0.15, 0.2) is 11.5 Å². The molecule has 0 heterocycles. The fourth-order valence-electron chi connectivity index (χ4n) is 6.70. The molecule has 5 rings (SSSR count). The standard InChI is InChI=1S/C24H32BrNO5/c1-29-19-5-4-17(7-20(19)30-2)18(8-22(28)31-3)26-21(27)13-23-9-15-6-16(10-23)12-24(25,11-15)14-23/h4-5,7,15-16,18H,6,8-14H2,1-3H3,(H,26,27). The van der Waals surface area contributed by atoms with Crippen molar-refractivity contribution < 1.29 is 23.8 Å². The molecule has 4 aliphatic rings. The van der Waals surface area contributed by atoms with Gasteiger partial charge in [0, 0.05) is 10.7 Å². The molecule has 4 bridgehead atoms. The summed E-state index contributed by atoms with van der Waals surface area (Å²) < 4.78 is 15.8. The average Bonchev–Trinajstić information content (AvgIpc) is 2.70. The minimum Gasteiger partial charge on any atom is -0.493 e. The topological polar surface area (TPSA) is 73.9 Å². The first kappa shape index (κ1) is 22.4. The Kier molecular flexibility index (Phi) is 6.25. The third-order valence-corrected chi connectivity index (χ3v) is 8.32. The zero-order valence-electron chi connectivity index (χ0n) is 18.5. The number of benzene rings is 1. The third kappa shape index (κ3) is 4.71. The molecule has 0 radical (unpaired) electrons. The minimum atomic E-state index is -0.480. The number of hydrogen-bond donors (Lipinski definition) is 1. The van der Waals surface area contributed by atoms with Crippen molar-refractivity contribution in [1.82, 2.24) is 5.32 Å². The van der Waals surface area contributed by atoms with Crippen LogP contribution in [0.25, 0.3) is 0 Å². The molecule has 3 unspecified atom stereocenters. The van der Waals surface area contributed by atoms with Gasteiger partial charge >= 0.3 is 5.97 Å². The number of carbonyl (C=O) groups excluding carboxylic acids is 2. The van der Waals surface area contributed by atoms with E-state index in [1.165, 1.54) is 26.4 Å². The van der Waals surface area contributed by atoms with Gasteiger partial charge in [0.2, 0.25) is 5.91 Å². The molecule has 6 nitrogen and oxygen atoms in total. The van der Waals surface area contributed by atoms with Gasteiger partial charge in [0.05, 0.1) is 33.8 Å². The Morgan fingerprint density at radius 1 is 1.10 bits per heavy atom. The Hall–Kier alpha value is -1.76. The van der Waals surface area contributed by atoms with Crippen LogP contribution in [-0.2, 0) is 14.3 Å². The van der Waals surface area contributed by atoms with Gasteiger partial charge in [-0.25, -0.2) is 0 Å². The van der Waals surface area contributed by atoms with Crippen LogP contribution in [0.15, 0.2) is 18.2 Å². The molecule has 1 aromatic carbocycles. The highest BCUT2D eigenvalue weighted by atomic mass is 79.9. The molecule has 31 heavy (non-hydrogen) atoms. The van der Waals surface area contributed by atoms with Gasteiger partial charge in [-0.3, -0.25) is 9.59 Å². The highest BCUT2D eigenvalue weighted by molar-refractivity contribution is 9.10. The zero-order chi connectivity index (χ0) is 22.2. The van der Waals surface area contributed by atoms with E-state index in [2.05, 4.69) is 21.2 Å². The van der Waals surface area contributed by atoms with Crippen LogP contribution in [0.5, 0.6) is 11.5 Å². The molecule has 0 aromatic heterocycles. The Bertz CT molecular complexity index is 842. The summed E-state index contributed by atoms with van der Waals surface area (Å²) in [4.78, 5) is 25.3. The lowest BCUT2D eigenvalue weighted by molar-refractivity contribution is -0.141. The van der Waals surface area contributed by atoms with Gasteiger partial charge in [-0.2, -0.15) is 0 Å². The fraction of sp³-hybridized carbons (Fsp3) is 0.667. The van der Waals surface area contributed by atoms with Crippen LogP contribution in [0.2, 0.25) is 0 Å². The Labute approximate surface area is 192 Å². The van der Waals surface area contributed by atoms with E-state index < -0.39 is 6.04 Å². The number of rotatable bonds is 8. The molecule has 3 atom stereocenters. The summed E-state index contributed by atoms with van der Waals surface area (Å²) >= 11 is 4.02. The number of esters is 1. The number of methoxy groups -OCH3 is 3. The molecule has 7 heteroatoms. The van der Waals surface area contributed by atoms with E-state index in [4.69, 9.17) is 14.2 Å². The summed E-state index contributed by atoms with van der Waals surface area (Å²) in [5.74, 6) is 2.25. The second-order valence-electron chi connectivity index (χ2n) is 9.80. The second kappa shape index (κ2) is 8.64. The normalized spacial score (nSPS) is 31.7. The average molecular weight is 494 g/mol. The van der Waals surface area contributed by atoms with Crippen molar-refractivity contribution in [1.29, 1.82) is 0 Å². The van der Waals surface area contributed by atoms with Crippen molar-refractivity contribution >= 4 is 27.8 Å². The maximum absolute atomic E-state index is 13.2. The van der Waals surface area contributed by atoms with Gasteiger partial charge in [-0.15, -0.1) is 0 Å². The number of amides is 1. The number of carbonyl (C=O) groups is 2. The summed E-state index contributed by atoms with van der Waals surface area (Å²) in [6, 6.07) is 4.97. The molecule has 4 aliphatic carbocycles. The van der Waals surface area contributed by atoms with Crippen LogP contribution in [0, 0.1) is 17.3 Å². The second-order valence-corrected chi connectivity index (χ2v) is 11.5. The van der Waals surface area contributed by atoms with Crippen molar-refractivity contribution in [3.8, 4) is 11.5 Å². The lowest BCUT2D eigenvalue weighted by atomic mass is 9.48. The molecule has 0 saturated heterocycles. The van der Waals surface area contributed by atoms with Crippen LogP contribution >= 0.6 is 15.9 Å². The lowest BCUT2D eigenvalue weighted by Gasteiger charge is -2.60. The van der Waals surface area contributed by atoms with Crippen LogP contribution in [0.3, 0.4) is 0 Å². The van der Waals surface area contributed by atoms with Crippen molar-refractivity contribution in [2.45, 2.75) is 61.7 Å². The molecule has 4 fully saturated rings. The molecular weight excluding hydrogens is 462 g/mol. The molecule has 0 aliphatic heterocycles. The molecular formula is C24H32BrNO5. The molecule has 0 spiro atoms. The third-order valence-electron chi connectivity index (χ3n) is 7.39. The Morgan fingerprint density at radius 2 is 1.77 bits per heavy atom. The van der Waals surface area contributed by atoms with Gasteiger partial charge in [0.1, 0.15) is 0 Å². The summed E-state index contributed by atoms with van der Waals surface area (Å²) in [5, 5.41) is 3.12. The van der Waals surface area contributed by atoms with Gasteiger partial charge < -0.3 is 19.5 Å². The first-order valence-electron chi connectivity index (χ1n) is 11.0. The highest BCUT2D eigenvalue weighted by Crippen LogP contribution is 2.65. The number of halogens is 1. The van der Waals surface area contributed by atoms with E-state index in [-0.39, 0.29) is 28.0 Å². The van der Waals surface area contributed by atoms with Crippen molar-refractivity contribution in [2.75, 3.05) is 21.3 Å². The van der Waals surface area contributed by atoms with Gasteiger partial charge in [-0.05, 0) is 73.5 Å². The molecule has 1 amide bonds. The largest absolute Gasteiger partial charge is 0.493 e. The Morgan fingerprint density at radius 3 is 2.35 bits per heavy atom. The summed E-state index contributed by atoms with van der Waals surface area (Å²) in [5.41, 5.74) is 0.865. The lowest BCUT2D eigenvalue weighted by Crippen LogP contribution is -2.54. The number of alkyl halides is 1. The van der Waals surface area contributed by atoms with E-state index >= 15 is 0 Å². The predicted molar refractivity (Wildman–Crippen MR) is 120 cm³/mol. The smallest absolute Gasteiger partial charge is 0.307 e. The quantitative estimate of drug-likeness (QED) is 0.424. The van der Waals surface area contributed by atoms with E-state index in [0.29, 0.717) is 17.9 Å².